The van der Waals surface area contributed by atoms with Crippen LogP contribution in [-0.2, 0) is 29.3 Å². The quantitative estimate of drug-likeness (QED) is 0.430. The Hall–Kier alpha value is -3.84. The minimum atomic E-state index is -0.537. The fourth-order valence-corrected chi connectivity index (χ4v) is 2.92. The molecule has 0 aliphatic rings. The van der Waals surface area contributed by atoms with Crippen molar-refractivity contribution in [2.75, 3.05) is 0 Å². The molecule has 7 nitrogen and oxygen atoms in total. The van der Waals surface area contributed by atoms with Crippen LogP contribution in [0.15, 0.2) is 78.9 Å². The Morgan fingerprint density at radius 2 is 1.41 bits per heavy atom. The van der Waals surface area contributed by atoms with Crippen LogP contribution >= 0.6 is 0 Å². The van der Waals surface area contributed by atoms with Crippen molar-refractivity contribution in [3.05, 3.63) is 101 Å². The summed E-state index contributed by atoms with van der Waals surface area (Å²) >= 11 is 0. The maximum atomic E-state index is 12.7. The van der Waals surface area contributed by atoms with Crippen LogP contribution in [0.2, 0.25) is 0 Å². The van der Waals surface area contributed by atoms with Gasteiger partial charge in [0.15, 0.2) is 0 Å². The zero-order valence-electron chi connectivity index (χ0n) is 19.7. The van der Waals surface area contributed by atoms with Gasteiger partial charge < -0.3 is 14.8 Å². The molecule has 0 radical (unpaired) electrons. The minimum absolute atomic E-state index is 0.186. The summed E-state index contributed by atoms with van der Waals surface area (Å²) in [6.45, 7) is 6.21. The van der Waals surface area contributed by atoms with E-state index < -0.39 is 17.6 Å². The Labute approximate surface area is 200 Å². The van der Waals surface area contributed by atoms with Crippen molar-refractivity contribution in [2.45, 2.75) is 46.1 Å². The predicted molar refractivity (Wildman–Crippen MR) is 129 cm³/mol. The third-order valence-corrected chi connectivity index (χ3v) is 4.63. The van der Waals surface area contributed by atoms with Crippen LogP contribution in [0.25, 0.3) is 0 Å². The lowest BCUT2D eigenvalue weighted by Crippen LogP contribution is -2.33. The first-order chi connectivity index (χ1) is 16.3. The van der Waals surface area contributed by atoms with Crippen molar-refractivity contribution in [2.24, 2.45) is 0 Å². The molecule has 3 aromatic carbocycles. The second-order valence-corrected chi connectivity index (χ2v) is 8.67. The lowest BCUT2D eigenvalue weighted by molar-refractivity contribution is -0.0590. The molecule has 3 aromatic rings. The van der Waals surface area contributed by atoms with Crippen molar-refractivity contribution in [3.8, 4) is 5.75 Å². The first kappa shape index (κ1) is 24.8. The lowest BCUT2D eigenvalue weighted by Gasteiger charge is -2.20. The molecule has 0 heterocycles. The van der Waals surface area contributed by atoms with Crippen LogP contribution in [0, 0.1) is 0 Å². The molecular weight excluding hydrogens is 432 g/mol. The Bertz CT molecular complexity index is 1080. The number of ether oxygens (including phenoxy) is 2. The second-order valence-electron chi connectivity index (χ2n) is 8.67. The van der Waals surface area contributed by atoms with E-state index in [9.17, 15) is 9.59 Å². The summed E-state index contributed by atoms with van der Waals surface area (Å²) in [6, 6.07) is 24.2. The molecule has 0 saturated heterocycles. The molecule has 0 aromatic heterocycles. The van der Waals surface area contributed by atoms with Gasteiger partial charge in [0, 0.05) is 6.54 Å². The summed E-state index contributed by atoms with van der Waals surface area (Å²) in [4.78, 5) is 30.2. The number of nitrogens with one attached hydrogen (secondary N) is 2. The van der Waals surface area contributed by atoms with Crippen molar-refractivity contribution in [1.29, 1.82) is 0 Å². The molecule has 0 bridgehead atoms. The summed E-state index contributed by atoms with van der Waals surface area (Å²) < 4.78 is 11.2. The van der Waals surface area contributed by atoms with Crippen LogP contribution in [-0.4, -0.2) is 17.6 Å². The third-order valence-electron chi connectivity index (χ3n) is 4.63. The van der Waals surface area contributed by atoms with Gasteiger partial charge in [-0.05, 0) is 49.6 Å². The molecule has 2 amide bonds. The van der Waals surface area contributed by atoms with Gasteiger partial charge in [0.2, 0.25) is 0 Å². The number of amides is 2. The predicted octanol–water partition coefficient (Wildman–Crippen LogP) is 5.15. The van der Waals surface area contributed by atoms with E-state index in [1.165, 1.54) is 0 Å². The van der Waals surface area contributed by atoms with E-state index >= 15 is 0 Å². The van der Waals surface area contributed by atoms with Crippen molar-refractivity contribution >= 4 is 12.0 Å². The first-order valence-electron chi connectivity index (χ1n) is 11.0. The highest BCUT2D eigenvalue weighted by Gasteiger charge is 2.18. The molecule has 2 N–H and O–H groups in total. The number of benzene rings is 3. The van der Waals surface area contributed by atoms with E-state index in [0.29, 0.717) is 11.3 Å². The van der Waals surface area contributed by atoms with E-state index in [1.807, 2.05) is 81.4 Å². The summed E-state index contributed by atoms with van der Waals surface area (Å²) in [5.74, 6) is -0.0319. The molecule has 3 rings (SSSR count). The Balaban J connectivity index is 1.65. The average molecular weight is 463 g/mol. The summed E-state index contributed by atoms with van der Waals surface area (Å²) in [7, 11) is 0. The average Bonchev–Trinajstić information content (AvgIpc) is 2.84. The van der Waals surface area contributed by atoms with Gasteiger partial charge >= 0.3 is 6.09 Å². The lowest BCUT2D eigenvalue weighted by atomic mass is 10.1. The number of carbonyl (C=O) groups is 2. The highest BCUT2D eigenvalue weighted by molar-refractivity contribution is 5.96. The van der Waals surface area contributed by atoms with Crippen LogP contribution in [0.1, 0.15) is 47.8 Å². The summed E-state index contributed by atoms with van der Waals surface area (Å²) in [5.41, 5.74) is 4.89. The van der Waals surface area contributed by atoms with Gasteiger partial charge in [-0.2, -0.15) is 0 Å². The standard InChI is InChI=1S/C27H30N2O5/c1-27(2,3)34-29-25(30)23-15-14-22(16-24(23)32-18-20-10-6-4-7-11-20)17-28-26(31)33-19-21-12-8-5-9-13-21/h4-16H,17-19H2,1-3H3,(H,28,31)(H,29,30). The number of carbonyl (C=O) groups excluding carboxylic acids is 2. The normalized spacial score (nSPS) is 10.9. The van der Waals surface area contributed by atoms with Gasteiger partial charge in [0.25, 0.3) is 5.91 Å². The van der Waals surface area contributed by atoms with Gasteiger partial charge in [0.1, 0.15) is 19.0 Å². The zero-order valence-corrected chi connectivity index (χ0v) is 19.7. The number of hydroxylamine groups is 1. The second kappa shape index (κ2) is 11.9. The molecular formula is C27H30N2O5. The van der Waals surface area contributed by atoms with Crippen LogP contribution < -0.4 is 15.5 Å². The molecule has 0 unspecified atom stereocenters. The van der Waals surface area contributed by atoms with Gasteiger partial charge in [-0.25, -0.2) is 10.3 Å². The van der Waals surface area contributed by atoms with E-state index in [2.05, 4.69) is 10.8 Å². The summed E-state index contributed by atoms with van der Waals surface area (Å²) in [6.07, 6.45) is -0.531. The van der Waals surface area contributed by atoms with Crippen molar-refractivity contribution in [3.63, 3.8) is 0 Å². The number of alkyl carbamates (subject to hydrolysis) is 1. The van der Waals surface area contributed by atoms with Crippen molar-refractivity contribution in [1.82, 2.24) is 10.8 Å². The molecule has 7 heteroatoms. The van der Waals surface area contributed by atoms with Crippen molar-refractivity contribution < 1.29 is 23.9 Å². The number of hydrogen-bond acceptors (Lipinski definition) is 5. The fourth-order valence-electron chi connectivity index (χ4n) is 2.92. The van der Waals surface area contributed by atoms with E-state index in [4.69, 9.17) is 14.3 Å². The largest absolute Gasteiger partial charge is 0.488 e. The molecule has 34 heavy (non-hydrogen) atoms. The molecule has 0 fully saturated rings. The SMILES string of the molecule is CC(C)(C)ONC(=O)c1ccc(CNC(=O)OCc2ccccc2)cc1OCc1ccccc1. The minimum Gasteiger partial charge on any atom is -0.488 e. The molecule has 0 aliphatic heterocycles. The first-order valence-corrected chi connectivity index (χ1v) is 11.0. The Morgan fingerprint density at radius 3 is 2.03 bits per heavy atom. The molecule has 0 saturated carbocycles. The third kappa shape index (κ3) is 8.26. The van der Waals surface area contributed by atoms with Gasteiger partial charge in [-0.1, -0.05) is 66.7 Å². The van der Waals surface area contributed by atoms with Gasteiger partial charge in [-0.15, -0.1) is 0 Å². The van der Waals surface area contributed by atoms with E-state index in [0.717, 1.165) is 16.7 Å². The molecule has 0 atom stereocenters. The maximum Gasteiger partial charge on any atom is 0.407 e. The highest BCUT2D eigenvalue weighted by atomic mass is 16.7. The monoisotopic (exact) mass is 462 g/mol. The van der Waals surface area contributed by atoms with Gasteiger partial charge in [-0.3, -0.25) is 9.63 Å². The van der Waals surface area contributed by atoms with Crippen LogP contribution in [0.3, 0.4) is 0 Å². The number of rotatable bonds is 9. The molecule has 0 spiro atoms. The summed E-state index contributed by atoms with van der Waals surface area (Å²) in [5, 5.41) is 2.72. The molecule has 0 aliphatic carbocycles. The smallest absolute Gasteiger partial charge is 0.407 e. The molecule has 178 valence electrons. The number of hydrogen-bond donors (Lipinski definition) is 2. The highest BCUT2D eigenvalue weighted by Crippen LogP contribution is 2.23. The van der Waals surface area contributed by atoms with E-state index in [1.54, 1.807) is 18.2 Å². The van der Waals surface area contributed by atoms with Gasteiger partial charge in [0.05, 0.1) is 11.2 Å². The van der Waals surface area contributed by atoms with Crippen LogP contribution in [0.5, 0.6) is 5.75 Å². The zero-order chi connectivity index (χ0) is 24.4. The maximum absolute atomic E-state index is 12.7. The fraction of sp³-hybridized carbons (Fsp3) is 0.259. The topological polar surface area (TPSA) is 85.9 Å². The Kier molecular flexibility index (Phi) is 8.65. The van der Waals surface area contributed by atoms with Crippen LogP contribution in [0.4, 0.5) is 4.79 Å². The Morgan fingerprint density at radius 1 is 0.794 bits per heavy atom. The van der Waals surface area contributed by atoms with E-state index in [-0.39, 0.29) is 19.8 Å².